The second-order valence-electron chi connectivity index (χ2n) is 4.94. The Kier molecular flexibility index (Phi) is 7.80. The molecule has 1 saturated heterocycles. The van der Waals surface area contributed by atoms with Gasteiger partial charge in [0.2, 0.25) is 0 Å². The van der Waals surface area contributed by atoms with Crippen LogP contribution in [0.25, 0.3) is 0 Å². The molecule has 1 aliphatic rings. The number of aliphatic hydroxyl groups excluding tert-OH is 1. The van der Waals surface area contributed by atoms with Crippen molar-refractivity contribution in [2.24, 2.45) is 0 Å². The standard InChI is InChI=1S/C14H22O8S/c1-5-23-14-13(21-9(4)17)11(18)12(20-8(3)16)10(22-14)6-19-7(2)15/h10-14,18H,5-6H2,1-4H3/t10-,11+,12-,13+,14-/m1/s1. The van der Waals surface area contributed by atoms with Gasteiger partial charge in [-0.25, -0.2) is 0 Å². The van der Waals surface area contributed by atoms with Crippen molar-refractivity contribution in [3.05, 3.63) is 0 Å². The predicted octanol–water partition coefficient (Wildman–Crippen LogP) is 0.252. The molecule has 0 aromatic heterocycles. The maximum atomic E-state index is 11.3. The molecule has 23 heavy (non-hydrogen) atoms. The van der Waals surface area contributed by atoms with Crippen molar-refractivity contribution < 1.29 is 38.4 Å². The van der Waals surface area contributed by atoms with E-state index in [0.29, 0.717) is 5.75 Å². The van der Waals surface area contributed by atoms with Gasteiger partial charge in [0.1, 0.15) is 24.3 Å². The fourth-order valence-electron chi connectivity index (χ4n) is 2.18. The minimum atomic E-state index is -1.29. The van der Waals surface area contributed by atoms with E-state index in [2.05, 4.69) is 0 Å². The minimum Gasteiger partial charge on any atom is -0.463 e. The van der Waals surface area contributed by atoms with Gasteiger partial charge in [0.05, 0.1) is 0 Å². The Morgan fingerprint density at radius 2 is 1.61 bits per heavy atom. The van der Waals surface area contributed by atoms with Gasteiger partial charge in [0, 0.05) is 20.8 Å². The largest absolute Gasteiger partial charge is 0.463 e. The lowest BCUT2D eigenvalue weighted by molar-refractivity contribution is -0.229. The van der Waals surface area contributed by atoms with E-state index in [1.165, 1.54) is 32.5 Å². The summed E-state index contributed by atoms with van der Waals surface area (Å²) < 4.78 is 20.8. The van der Waals surface area contributed by atoms with Crippen LogP contribution in [-0.4, -0.2) is 65.2 Å². The third-order valence-electron chi connectivity index (χ3n) is 3.00. The molecule has 132 valence electrons. The summed E-state index contributed by atoms with van der Waals surface area (Å²) in [5, 5.41) is 10.5. The van der Waals surface area contributed by atoms with Crippen LogP contribution in [-0.2, 0) is 33.3 Å². The van der Waals surface area contributed by atoms with Crippen molar-refractivity contribution in [3.8, 4) is 0 Å². The van der Waals surface area contributed by atoms with Gasteiger partial charge in [-0.2, -0.15) is 0 Å². The highest BCUT2D eigenvalue weighted by Gasteiger charge is 2.49. The highest BCUT2D eigenvalue weighted by Crippen LogP contribution is 2.32. The van der Waals surface area contributed by atoms with Crippen molar-refractivity contribution >= 4 is 29.7 Å². The van der Waals surface area contributed by atoms with Crippen LogP contribution in [0.4, 0.5) is 0 Å². The lowest BCUT2D eigenvalue weighted by Crippen LogP contribution is -2.60. The second-order valence-corrected chi connectivity index (χ2v) is 6.31. The van der Waals surface area contributed by atoms with E-state index < -0.39 is 47.8 Å². The van der Waals surface area contributed by atoms with Crippen molar-refractivity contribution in [1.82, 2.24) is 0 Å². The van der Waals surface area contributed by atoms with E-state index in [9.17, 15) is 19.5 Å². The molecule has 1 N–H and O–H groups in total. The van der Waals surface area contributed by atoms with E-state index in [1.54, 1.807) is 0 Å². The van der Waals surface area contributed by atoms with Crippen LogP contribution in [0, 0.1) is 0 Å². The molecule has 0 spiro atoms. The number of thioether (sulfide) groups is 1. The molecule has 1 rings (SSSR count). The van der Waals surface area contributed by atoms with Gasteiger partial charge in [-0.05, 0) is 5.75 Å². The average Bonchev–Trinajstić information content (AvgIpc) is 2.43. The Labute approximate surface area is 138 Å². The number of hydrogen-bond acceptors (Lipinski definition) is 9. The number of rotatable bonds is 6. The van der Waals surface area contributed by atoms with Crippen LogP contribution in [0.1, 0.15) is 27.7 Å². The van der Waals surface area contributed by atoms with Crippen molar-refractivity contribution in [1.29, 1.82) is 0 Å². The van der Waals surface area contributed by atoms with Gasteiger partial charge < -0.3 is 24.1 Å². The van der Waals surface area contributed by atoms with Crippen LogP contribution >= 0.6 is 11.8 Å². The number of hydrogen-bond donors (Lipinski definition) is 1. The lowest BCUT2D eigenvalue weighted by atomic mass is 9.99. The van der Waals surface area contributed by atoms with Gasteiger partial charge in [0.25, 0.3) is 0 Å². The summed E-state index contributed by atoms with van der Waals surface area (Å²) in [4.78, 5) is 33.5. The molecule has 0 aromatic carbocycles. The Morgan fingerprint density at radius 3 is 2.09 bits per heavy atom. The summed E-state index contributed by atoms with van der Waals surface area (Å²) in [6.45, 7) is 5.33. The molecule has 0 aromatic rings. The normalized spacial score (nSPS) is 30.4. The zero-order valence-corrected chi connectivity index (χ0v) is 14.3. The first-order chi connectivity index (χ1) is 10.8. The molecule has 0 bridgehead atoms. The Balaban J connectivity index is 2.97. The number of ether oxygens (including phenoxy) is 4. The van der Waals surface area contributed by atoms with Crippen molar-refractivity contribution in [2.45, 2.75) is 57.5 Å². The van der Waals surface area contributed by atoms with Gasteiger partial charge in [-0.3, -0.25) is 14.4 Å². The van der Waals surface area contributed by atoms with Crippen LogP contribution in [0.3, 0.4) is 0 Å². The molecular weight excluding hydrogens is 328 g/mol. The number of aliphatic hydroxyl groups is 1. The fraction of sp³-hybridized carbons (Fsp3) is 0.786. The van der Waals surface area contributed by atoms with E-state index in [0.717, 1.165) is 0 Å². The summed E-state index contributed by atoms with van der Waals surface area (Å²) in [5.74, 6) is -1.09. The van der Waals surface area contributed by atoms with E-state index in [4.69, 9.17) is 18.9 Å². The van der Waals surface area contributed by atoms with E-state index in [1.807, 2.05) is 6.92 Å². The van der Waals surface area contributed by atoms with Gasteiger partial charge >= 0.3 is 17.9 Å². The summed E-state index contributed by atoms with van der Waals surface area (Å²) in [6.07, 6.45) is -4.24. The van der Waals surface area contributed by atoms with Crippen LogP contribution < -0.4 is 0 Å². The predicted molar refractivity (Wildman–Crippen MR) is 80.5 cm³/mol. The maximum Gasteiger partial charge on any atom is 0.303 e. The number of carbonyl (C=O) groups is 3. The Morgan fingerprint density at radius 1 is 1.04 bits per heavy atom. The van der Waals surface area contributed by atoms with Crippen LogP contribution in [0.2, 0.25) is 0 Å². The highest BCUT2D eigenvalue weighted by atomic mass is 32.2. The molecule has 5 atom stereocenters. The lowest BCUT2D eigenvalue weighted by Gasteiger charge is -2.42. The summed E-state index contributed by atoms with van der Waals surface area (Å²) in [7, 11) is 0. The maximum absolute atomic E-state index is 11.3. The molecule has 8 nitrogen and oxygen atoms in total. The Bertz CT molecular complexity index is 438. The molecule has 1 fully saturated rings. The molecule has 0 aliphatic carbocycles. The summed E-state index contributed by atoms with van der Waals surface area (Å²) >= 11 is 1.32. The number of esters is 3. The molecular formula is C14H22O8S. The third-order valence-corrected chi connectivity index (χ3v) is 4.04. The summed E-state index contributed by atoms with van der Waals surface area (Å²) in [5.41, 5.74) is -0.661. The van der Waals surface area contributed by atoms with Gasteiger partial charge in [-0.15, -0.1) is 11.8 Å². The molecule has 0 saturated carbocycles. The Hall–Kier alpha value is -1.32. The smallest absolute Gasteiger partial charge is 0.303 e. The molecule has 1 aliphatic heterocycles. The average molecular weight is 350 g/mol. The molecule has 0 unspecified atom stereocenters. The first kappa shape index (κ1) is 19.7. The van der Waals surface area contributed by atoms with Crippen molar-refractivity contribution in [2.75, 3.05) is 12.4 Å². The van der Waals surface area contributed by atoms with E-state index in [-0.39, 0.29) is 6.61 Å². The molecule has 0 amide bonds. The zero-order chi connectivity index (χ0) is 17.6. The molecule has 1 heterocycles. The van der Waals surface area contributed by atoms with Crippen LogP contribution in [0.5, 0.6) is 0 Å². The zero-order valence-electron chi connectivity index (χ0n) is 13.5. The minimum absolute atomic E-state index is 0.183. The molecule has 9 heteroatoms. The van der Waals surface area contributed by atoms with Crippen molar-refractivity contribution in [3.63, 3.8) is 0 Å². The highest BCUT2D eigenvalue weighted by molar-refractivity contribution is 7.99. The molecule has 0 radical (unpaired) electrons. The first-order valence-corrected chi connectivity index (χ1v) is 8.24. The monoisotopic (exact) mass is 350 g/mol. The van der Waals surface area contributed by atoms with Crippen LogP contribution in [0.15, 0.2) is 0 Å². The number of carbonyl (C=O) groups excluding carboxylic acids is 3. The van der Waals surface area contributed by atoms with Gasteiger partial charge in [-0.1, -0.05) is 6.92 Å². The quantitative estimate of drug-likeness (QED) is 0.532. The topological polar surface area (TPSA) is 108 Å². The fourth-order valence-corrected chi connectivity index (χ4v) is 3.14. The second kappa shape index (κ2) is 9.09. The third kappa shape index (κ3) is 6.00. The summed E-state index contributed by atoms with van der Waals surface area (Å²) in [6, 6.07) is 0. The SMILES string of the molecule is CCS[C@H]1O[C@H](COC(C)=O)[C@@H](OC(C)=O)[C@H](O)[C@@H]1OC(C)=O. The van der Waals surface area contributed by atoms with Gasteiger partial charge in [0.15, 0.2) is 12.2 Å². The first-order valence-electron chi connectivity index (χ1n) is 7.19. The van der Waals surface area contributed by atoms with E-state index >= 15 is 0 Å².